The summed E-state index contributed by atoms with van der Waals surface area (Å²) in [7, 11) is 0. The van der Waals surface area contributed by atoms with Crippen LogP contribution in [0.5, 0.6) is 0 Å². The normalized spacial score (nSPS) is 23.8. The molecule has 0 aliphatic heterocycles. The number of carbonyl (C=O) groups is 2. The van der Waals surface area contributed by atoms with E-state index in [0.717, 1.165) is 18.4 Å². The number of ether oxygens (including phenoxy) is 1. The number of nitrogens with zero attached hydrogens (tertiary/aromatic N) is 1. The summed E-state index contributed by atoms with van der Waals surface area (Å²) in [5.41, 5.74) is 1.34. The summed E-state index contributed by atoms with van der Waals surface area (Å²) >= 11 is 0. The van der Waals surface area contributed by atoms with Gasteiger partial charge in [0.1, 0.15) is 0 Å². The van der Waals surface area contributed by atoms with E-state index < -0.39 is 12.1 Å². The molecule has 0 aromatic heterocycles. The SMILES string of the molecule is C[C@@H]1[C@H](C)CCC[C@H]1NC(=O)[C@@H](C)OC(=O)/C=C/c1ccc(C#N)cc1. The Hall–Kier alpha value is -2.61. The number of esters is 1. The van der Waals surface area contributed by atoms with Crippen molar-refractivity contribution in [3.8, 4) is 6.07 Å². The van der Waals surface area contributed by atoms with Crippen molar-refractivity contribution < 1.29 is 14.3 Å². The Bertz CT molecular complexity index is 703. The van der Waals surface area contributed by atoms with Crippen LogP contribution in [-0.2, 0) is 14.3 Å². The number of hydrogen-bond acceptors (Lipinski definition) is 4. The molecule has 138 valence electrons. The van der Waals surface area contributed by atoms with Crippen LogP contribution in [-0.4, -0.2) is 24.0 Å². The van der Waals surface area contributed by atoms with Crippen LogP contribution < -0.4 is 5.32 Å². The number of carbonyl (C=O) groups excluding carboxylic acids is 2. The van der Waals surface area contributed by atoms with E-state index in [0.29, 0.717) is 17.4 Å². The molecular formula is C21H26N2O3. The van der Waals surface area contributed by atoms with Gasteiger partial charge < -0.3 is 10.1 Å². The zero-order chi connectivity index (χ0) is 19.1. The maximum Gasteiger partial charge on any atom is 0.331 e. The third-order valence-corrected chi connectivity index (χ3v) is 5.15. The van der Waals surface area contributed by atoms with Gasteiger partial charge in [-0.05, 0) is 49.0 Å². The lowest BCUT2D eigenvalue weighted by Crippen LogP contribution is -2.47. The van der Waals surface area contributed by atoms with Crippen LogP contribution in [0.4, 0.5) is 0 Å². The molecule has 1 aromatic carbocycles. The van der Waals surface area contributed by atoms with Gasteiger partial charge in [0, 0.05) is 12.1 Å². The van der Waals surface area contributed by atoms with Gasteiger partial charge in [-0.3, -0.25) is 4.79 Å². The molecule has 0 spiro atoms. The molecule has 1 N–H and O–H groups in total. The van der Waals surface area contributed by atoms with Gasteiger partial charge in [-0.2, -0.15) is 5.26 Å². The van der Waals surface area contributed by atoms with Crippen LogP contribution in [0.2, 0.25) is 0 Å². The van der Waals surface area contributed by atoms with Crippen molar-refractivity contribution in [2.45, 2.75) is 52.2 Å². The van der Waals surface area contributed by atoms with Crippen molar-refractivity contribution in [1.82, 2.24) is 5.32 Å². The molecule has 5 heteroatoms. The predicted octanol–water partition coefficient (Wildman–Crippen LogP) is 3.44. The third kappa shape index (κ3) is 5.45. The van der Waals surface area contributed by atoms with Crippen LogP contribution in [0.1, 0.15) is 51.2 Å². The third-order valence-electron chi connectivity index (χ3n) is 5.15. The van der Waals surface area contributed by atoms with E-state index in [-0.39, 0.29) is 11.9 Å². The number of amides is 1. The quantitative estimate of drug-likeness (QED) is 0.649. The first-order chi connectivity index (χ1) is 12.4. The fourth-order valence-corrected chi connectivity index (χ4v) is 3.19. The van der Waals surface area contributed by atoms with Gasteiger partial charge in [-0.1, -0.05) is 38.8 Å². The molecule has 1 aliphatic rings. The van der Waals surface area contributed by atoms with E-state index in [1.54, 1.807) is 37.3 Å². The van der Waals surface area contributed by atoms with E-state index >= 15 is 0 Å². The van der Waals surface area contributed by atoms with Gasteiger partial charge in [0.15, 0.2) is 6.10 Å². The zero-order valence-corrected chi connectivity index (χ0v) is 15.6. The first kappa shape index (κ1) is 19.7. The predicted molar refractivity (Wildman–Crippen MR) is 99.9 cm³/mol. The highest BCUT2D eigenvalue weighted by Gasteiger charge is 2.29. The highest BCUT2D eigenvalue weighted by atomic mass is 16.5. The summed E-state index contributed by atoms with van der Waals surface area (Å²) in [6.07, 6.45) is 5.32. The minimum absolute atomic E-state index is 0.140. The van der Waals surface area contributed by atoms with Gasteiger partial charge in [-0.25, -0.2) is 4.79 Å². The summed E-state index contributed by atoms with van der Waals surface area (Å²) in [4.78, 5) is 24.2. The minimum atomic E-state index is -0.836. The molecule has 0 heterocycles. The molecule has 26 heavy (non-hydrogen) atoms. The first-order valence-corrected chi connectivity index (χ1v) is 9.10. The zero-order valence-electron chi connectivity index (χ0n) is 15.6. The Balaban J connectivity index is 1.84. The van der Waals surface area contributed by atoms with Crippen LogP contribution >= 0.6 is 0 Å². The number of nitrogens with one attached hydrogen (secondary N) is 1. The van der Waals surface area contributed by atoms with Gasteiger partial charge in [-0.15, -0.1) is 0 Å². The molecule has 1 aromatic rings. The lowest BCUT2D eigenvalue weighted by molar-refractivity contribution is -0.150. The molecule has 2 rings (SSSR count). The van der Waals surface area contributed by atoms with Gasteiger partial charge in [0.25, 0.3) is 5.91 Å². The van der Waals surface area contributed by atoms with Crippen molar-refractivity contribution in [2.75, 3.05) is 0 Å². The van der Waals surface area contributed by atoms with Crippen LogP contribution in [0.3, 0.4) is 0 Å². The van der Waals surface area contributed by atoms with Gasteiger partial charge in [0.05, 0.1) is 11.6 Å². The van der Waals surface area contributed by atoms with Crippen molar-refractivity contribution >= 4 is 18.0 Å². The van der Waals surface area contributed by atoms with Crippen LogP contribution in [0, 0.1) is 23.2 Å². The Morgan fingerprint density at radius 1 is 1.27 bits per heavy atom. The van der Waals surface area contributed by atoms with Crippen molar-refractivity contribution in [3.05, 3.63) is 41.5 Å². The van der Waals surface area contributed by atoms with Crippen molar-refractivity contribution in [1.29, 1.82) is 5.26 Å². The molecule has 4 atom stereocenters. The Labute approximate surface area is 155 Å². The topological polar surface area (TPSA) is 79.2 Å². The van der Waals surface area contributed by atoms with E-state index in [9.17, 15) is 9.59 Å². The van der Waals surface area contributed by atoms with Gasteiger partial charge >= 0.3 is 5.97 Å². The lowest BCUT2D eigenvalue weighted by atomic mass is 9.78. The van der Waals surface area contributed by atoms with Gasteiger partial charge in [0.2, 0.25) is 0 Å². The summed E-state index contributed by atoms with van der Waals surface area (Å²) < 4.78 is 5.19. The standard InChI is InChI=1S/C21H26N2O3/c1-14-5-4-6-19(15(14)2)23-21(25)16(3)26-20(24)12-11-17-7-9-18(13-22)10-8-17/h7-12,14-16,19H,4-6H2,1-3H3,(H,23,25)/b12-11+/t14-,15-,16-,19-/m1/s1. The molecule has 0 bridgehead atoms. The molecule has 1 amide bonds. The second kappa shape index (κ2) is 9.19. The first-order valence-electron chi connectivity index (χ1n) is 9.10. The fourth-order valence-electron chi connectivity index (χ4n) is 3.19. The summed E-state index contributed by atoms with van der Waals surface area (Å²) in [6, 6.07) is 9.01. The average Bonchev–Trinajstić information content (AvgIpc) is 2.64. The molecule has 0 saturated heterocycles. The average molecular weight is 354 g/mol. The summed E-state index contributed by atoms with van der Waals surface area (Å²) in [6.45, 7) is 5.95. The smallest absolute Gasteiger partial charge is 0.331 e. The van der Waals surface area contributed by atoms with E-state index in [4.69, 9.17) is 10.00 Å². The maximum atomic E-state index is 12.3. The molecular weight excluding hydrogens is 328 g/mol. The second-order valence-electron chi connectivity index (χ2n) is 7.03. The van der Waals surface area contributed by atoms with E-state index in [1.807, 2.05) is 6.07 Å². The van der Waals surface area contributed by atoms with E-state index in [1.165, 1.54) is 12.5 Å². The summed E-state index contributed by atoms with van der Waals surface area (Å²) in [5.74, 6) is 0.187. The van der Waals surface area contributed by atoms with Crippen LogP contribution in [0.25, 0.3) is 6.08 Å². The van der Waals surface area contributed by atoms with Crippen molar-refractivity contribution in [2.24, 2.45) is 11.8 Å². The van der Waals surface area contributed by atoms with Crippen molar-refractivity contribution in [3.63, 3.8) is 0 Å². The lowest BCUT2D eigenvalue weighted by Gasteiger charge is -2.35. The monoisotopic (exact) mass is 354 g/mol. The number of benzene rings is 1. The second-order valence-corrected chi connectivity index (χ2v) is 7.03. The Kier molecular flexibility index (Phi) is 6.97. The molecule has 0 unspecified atom stereocenters. The molecule has 5 nitrogen and oxygen atoms in total. The number of hydrogen-bond donors (Lipinski definition) is 1. The minimum Gasteiger partial charge on any atom is -0.449 e. The highest BCUT2D eigenvalue weighted by molar-refractivity contribution is 5.90. The molecule has 1 saturated carbocycles. The Morgan fingerprint density at radius 2 is 1.96 bits per heavy atom. The molecule has 1 aliphatic carbocycles. The number of rotatable bonds is 5. The Morgan fingerprint density at radius 3 is 2.62 bits per heavy atom. The molecule has 0 radical (unpaired) electrons. The highest BCUT2D eigenvalue weighted by Crippen LogP contribution is 2.29. The largest absolute Gasteiger partial charge is 0.449 e. The maximum absolute atomic E-state index is 12.3. The number of nitriles is 1. The van der Waals surface area contributed by atoms with Crippen LogP contribution in [0.15, 0.2) is 30.3 Å². The fraction of sp³-hybridized carbons (Fsp3) is 0.476. The summed E-state index contributed by atoms with van der Waals surface area (Å²) in [5, 5.41) is 11.8. The van der Waals surface area contributed by atoms with E-state index in [2.05, 4.69) is 19.2 Å². The molecule has 1 fully saturated rings.